The lowest BCUT2D eigenvalue weighted by Gasteiger charge is -2.14. The van der Waals surface area contributed by atoms with E-state index in [9.17, 15) is 4.79 Å². The van der Waals surface area contributed by atoms with Crippen LogP contribution in [0.15, 0.2) is 11.8 Å². The van der Waals surface area contributed by atoms with E-state index in [4.69, 9.17) is 10.1 Å². The number of likely N-dealkylation sites (N-methyl/N-ethyl adjacent to an activating group) is 1. The summed E-state index contributed by atoms with van der Waals surface area (Å²) >= 11 is 0. The monoisotopic (exact) mass is 170 g/mol. The lowest BCUT2D eigenvalue weighted by atomic mass is 10.4. The summed E-state index contributed by atoms with van der Waals surface area (Å²) in [6.07, 6.45) is 2.68. The summed E-state index contributed by atoms with van der Waals surface area (Å²) in [4.78, 5) is 12.5. The summed E-state index contributed by atoms with van der Waals surface area (Å²) in [5, 5.41) is 6.92. The van der Waals surface area contributed by atoms with Crippen molar-refractivity contribution in [2.75, 3.05) is 13.7 Å². The summed E-state index contributed by atoms with van der Waals surface area (Å²) in [6, 6.07) is 0. The summed E-state index contributed by atoms with van der Waals surface area (Å²) in [7, 11) is 1.62. The predicted octanol–water partition coefficient (Wildman–Crippen LogP) is 0.992. The first-order chi connectivity index (χ1) is 5.67. The summed E-state index contributed by atoms with van der Waals surface area (Å²) in [5.74, 6) is -0.397. The lowest BCUT2D eigenvalue weighted by Crippen LogP contribution is -2.23. The Balaban J connectivity index is 4.36. The van der Waals surface area contributed by atoms with Gasteiger partial charge in [0.05, 0.1) is 12.9 Å². The van der Waals surface area contributed by atoms with Crippen molar-refractivity contribution >= 4 is 12.3 Å². The number of nitrogens with zero attached hydrogens (tertiary/aromatic N) is 1. The summed E-state index contributed by atoms with van der Waals surface area (Å²) in [6.45, 7) is 3.82. The zero-order valence-corrected chi connectivity index (χ0v) is 7.63. The number of carbonyl (C=O) groups excluding carboxylic acids is 1. The highest BCUT2D eigenvalue weighted by Gasteiger charge is 2.11. The average molecular weight is 170 g/mol. The van der Waals surface area contributed by atoms with Crippen LogP contribution in [0.2, 0.25) is 0 Å². The fourth-order valence-corrected chi connectivity index (χ4v) is 0.740. The van der Waals surface area contributed by atoms with Gasteiger partial charge in [-0.25, -0.2) is 4.79 Å². The van der Waals surface area contributed by atoms with Crippen LogP contribution in [-0.2, 0) is 9.53 Å². The highest BCUT2D eigenvalue weighted by atomic mass is 16.5. The molecule has 0 fully saturated rings. The van der Waals surface area contributed by atoms with Crippen LogP contribution in [0.25, 0.3) is 0 Å². The summed E-state index contributed by atoms with van der Waals surface area (Å²) in [5.41, 5.74) is 0.381. The first-order valence-electron chi connectivity index (χ1n) is 3.74. The molecule has 0 aromatic rings. The zero-order valence-electron chi connectivity index (χ0n) is 7.63. The Kier molecular flexibility index (Phi) is 4.76. The van der Waals surface area contributed by atoms with Crippen LogP contribution in [0.5, 0.6) is 0 Å². The van der Waals surface area contributed by atoms with Crippen LogP contribution in [0.4, 0.5) is 0 Å². The van der Waals surface area contributed by atoms with E-state index in [1.165, 1.54) is 4.90 Å². The van der Waals surface area contributed by atoms with E-state index in [2.05, 4.69) is 0 Å². The fraction of sp³-hybridized carbons (Fsp3) is 0.500. The van der Waals surface area contributed by atoms with Gasteiger partial charge in [-0.2, -0.15) is 0 Å². The molecule has 0 aliphatic carbocycles. The minimum Gasteiger partial charge on any atom is -0.461 e. The predicted molar refractivity (Wildman–Crippen MR) is 46.9 cm³/mol. The van der Waals surface area contributed by atoms with Gasteiger partial charge in [0.25, 0.3) is 0 Å². The molecule has 68 valence electrons. The maximum atomic E-state index is 11.1. The zero-order chi connectivity index (χ0) is 9.56. The molecule has 0 saturated carbocycles. The van der Waals surface area contributed by atoms with Gasteiger partial charge in [0.15, 0.2) is 0 Å². The van der Waals surface area contributed by atoms with Crippen LogP contribution in [-0.4, -0.2) is 30.9 Å². The van der Waals surface area contributed by atoms with Gasteiger partial charge in [-0.15, -0.1) is 0 Å². The van der Waals surface area contributed by atoms with Crippen LogP contribution >= 0.6 is 0 Å². The molecule has 0 saturated heterocycles. The molecule has 0 aliphatic rings. The molecule has 0 unspecified atom stereocenters. The van der Waals surface area contributed by atoms with Gasteiger partial charge >= 0.3 is 5.97 Å². The highest BCUT2D eigenvalue weighted by molar-refractivity contribution is 5.90. The van der Waals surface area contributed by atoms with Crippen molar-refractivity contribution in [1.29, 1.82) is 5.41 Å². The molecule has 0 aromatic heterocycles. The molecule has 0 bridgehead atoms. The standard InChI is InChI=1S/C8H14N2O2/c1-4-7(10(3)6-9)8(11)12-5-2/h4,6,9H,5H2,1-3H3/b7-4-,9-6?. The third-order valence-electron chi connectivity index (χ3n) is 1.33. The van der Waals surface area contributed by atoms with Crippen molar-refractivity contribution in [2.45, 2.75) is 13.8 Å². The molecular weight excluding hydrogens is 156 g/mol. The maximum absolute atomic E-state index is 11.1. The van der Waals surface area contributed by atoms with Gasteiger partial charge in [0.1, 0.15) is 5.70 Å². The second-order valence-electron chi connectivity index (χ2n) is 2.13. The van der Waals surface area contributed by atoms with Gasteiger partial charge in [0.2, 0.25) is 0 Å². The number of nitrogens with one attached hydrogen (secondary N) is 1. The van der Waals surface area contributed by atoms with Crippen LogP contribution in [0, 0.1) is 5.41 Å². The third-order valence-corrected chi connectivity index (χ3v) is 1.33. The minimum atomic E-state index is -0.397. The highest BCUT2D eigenvalue weighted by Crippen LogP contribution is 2.01. The van der Waals surface area contributed by atoms with E-state index < -0.39 is 5.97 Å². The Morgan fingerprint density at radius 3 is 2.58 bits per heavy atom. The van der Waals surface area contributed by atoms with Crippen LogP contribution in [0.3, 0.4) is 0 Å². The number of allylic oxidation sites excluding steroid dienone is 1. The van der Waals surface area contributed by atoms with Gasteiger partial charge in [-0.1, -0.05) is 6.08 Å². The molecule has 4 heteroatoms. The molecule has 1 N–H and O–H groups in total. The molecule has 0 atom stereocenters. The van der Waals surface area contributed by atoms with Gasteiger partial charge in [-0.05, 0) is 13.8 Å². The first-order valence-corrected chi connectivity index (χ1v) is 3.74. The molecule has 0 aliphatic heterocycles. The fourth-order valence-electron chi connectivity index (χ4n) is 0.740. The van der Waals surface area contributed by atoms with Crippen LogP contribution in [0.1, 0.15) is 13.8 Å². The number of hydrogen-bond donors (Lipinski definition) is 1. The normalized spacial score (nSPS) is 10.8. The number of esters is 1. The van der Waals surface area contributed by atoms with Crippen molar-refractivity contribution in [3.63, 3.8) is 0 Å². The largest absolute Gasteiger partial charge is 0.461 e. The Morgan fingerprint density at radius 2 is 2.25 bits per heavy atom. The number of carbonyl (C=O) groups is 1. The van der Waals surface area contributed by atoms with Crippen molar-refractivity contribution in [3.8, 4) is 0 Å². The first kappa shape index (κ1) is 10.7. The van der Waals surface area contributed by atoms with E-state index in [0.29, 0.717) is 12.3 Å². The van der Waals surface area contributed by atoms with Crippen molar-refractivity contribution < 1.29 is 9.53 Å². The lowest BCUT2D eigenvalue weighted by molar-refractivity contribution is -0.139. The molecule has 12 heavy (non-hydrogen) atoms. The van der Waals surface area contributed by atoms with E-state index in [0.717, 1.165) is 6.34 Å². The third kappa shape index (κ3) is 2.74. The van der Waals surface area contributed by atoms with Crippen molar-refractivity contribution in [2.24, 2.45) is 0 Å². The molecule has 0 radical (unpaired) electrons. The smallest absolute Gasteiger partial charge is 0.354 e. The Hall–Kier alpha value is -1.32. The van der Waals surface area contributed by atoms with Gasteiger partial charge in [0, 0.05) is 7.05 Å². The quantitative estimate of drug-likeness (QED) is 0.296. The Bertz CT molecular complexity index is 199. The Morgan fingerprint density at radius 1 is 1.67 bits per heavy atom. The van der Waals surface area contributed by atoms with E-state index >= 15 is 0 Å². The molecule has 4 nitrogen and oxygen atoms in total. The SMILES string of the molecule is C/C=C(/C(=O)OCC)N(C)C=N. The Labute approximate surface area is 72.3 Å². The average Bonchev–Trinajstić information content (AvgIpc) is 2.06. The number of ether oxygens (including phenoxy) is 1. The number of rotatable bonds is 4. The second kappa shape index (κ2) is 5.35. The van der Waals surface area contributed by atoms with Gasteiger partial charge < -0.3 is 9.64 Å². The van der Waals surface area contributed by atoms with Gasteiger partial charge in [-0.3, -0.25) is 5.41 Å². The molecule has 0 amide bonds. The molecule has 0 aromatic carbocycles. The van der Waals surface area contributed by atoms with Crippen molar-refractivity contribution in [3.05, 3.63) is 11.8 Å². The molecule has 0 rings (SSSR count). The summed E-state index contributed by atoms with van der Waals surface area (Å²) < 4.78 is 4.77. The minimum absolute atomic E-state index is 0.349. The van der Waals surface area contributed by atoms with E-state index in [-0.39, 0.29) is 0 Å². The second-order valence-corrected chi connectivity index (χ2v) is 2.13. The van der Waals surface area contributed by atoms with E-state index in [1.807, 2.05) is 0 Å². The molecular formula is C8H14N2O2. The molecule has 0 spiro atoms. The van der Waals surface area contributed by atoms with E-state index in [1.54, 1.807) is 27.0 Å². The molecule has 0 heterocycles. The maximum Gasteiger partial charge on any atom is 0.354 e. The van der Waals surface area contributed by atoms with Crippen molar-refractivity contribution in [1.82, 2.24) is 4.90 Å². The topological polar surface area (TPSA) is 53.4 Å². The number of hydrogen-bond acceptors (Lipinski definition) is 3. The van der Waals surface area contributed by atoms with Crippen LogP contribution < -0.4 is 0 Å².